The Kier molecular flexibility index (Phi) is 6.42. The summed E-state index contributed by atoms with van der Waals surface area (Å²) in [5.41, 5.74) is 6.01. The van der Waals surface area contributed by atoms with E-state index in [2.05, 4.69) is 37.0 Å². The average Bonchev–Trinajstić information content (AvgIpc) is 3.14. The Morgan fingerprint density at radius 3 is 2.44 bits per heavy atom. The van der Waals surface area contributed by atoms with Crippen LogP contribution >= 0.6 is 11.3 Å². The van der Waals surface area contributed by atoms with Crippen molar-refractivity contribution >= 4 is 45.9 Å². The number of aromatic carboxylic acids is 1. The summed E-state index contributed by atoms with van der Waals surface area (Å²) in [6, 6.07) is 1.95. The number of aryl methyl sites for hydroxylation is 1. The maximum Gasteiger partial charge on any atom is 0.347 e. The van der Waals surface area contributed by atoms with Crippen molar-refractivity contribution < 1.29 is 14.7 Å². The van der Waals surface area contributed by atoms with Crippen LogP contribution in [0.15, 0.2) is 6.07 Å². The standard InChI is InChI=1S/C20H28N8O3S/c1-12-16(18(30)31)32-20(22-12)25-19-23-14(27-8-6-26(2)7-9-27)10-15(24-19)28-5-3-4-13(11-28)17(21)29/h10,13H,3-9,11H2,1-2H3,(H2,21,29)(H,30,31)(H,22,23,24,25). The van der Waals surface area contributed by atoms with Gasteiger partial charge in [0.15, 0.2) is 5.13 Å². The minimum atomic E-state index is -1.01. The van der Waals surface area contributed by atoms with Crippen molar-refractivity contribution in [3.05, 3.63) is 16.6 Å². The third-order valence-electron chi connectivity index (χ3n) is 5.88. The van der Waals surface area contributed by atoms with E-state index in [0.717, 1.165) is 62.7 Å². The largest absolute Gasteiger partial charge is 0.477 e. The van der Waals surface area contributed by atoms with Crippen molar-refractivity contribution in [1.29, 1.82) is 0 Å². The number of carbonyl (C=O) groups is 2. The molecule has 12 heteroatoms. The maximum atomic E-state index is 11.8. The van der Waals surface area contributed by atoms with Crippen LogP contribution in [0.1, 0.15) is 28.2 Å². The molecule has 0 spiro atoms. The highest BCUT2D eigenvalue weighted by Gasteiger charge is 2.27. The molecule has 4 heterocycles. The number of nitrogens with zero attached hydrogens (tertiary/aromatic N) is 6. The molecule has 1 amide bonds. The molecule has 2 aliphatic rings. The molecule has 0 saturated carbocycles. The summed E-state index contributed by atoms with van der Waals surface area (Å²) in [6.45, 7) is 6.52. The molecule has 32 heavy (non-hydrogen) atoms. The van der Waals surface area contributed by atoms with Gasteiger partial charge in [-0.2, -0.15) is 9.97 Å². The second-order valence-corrected chi connectivity index (χ2v) is 9.25. The first kappa shape index (κ1) is 22.2. The number of aromatic nitrogens is 3. The highest BCUT2D eigenvalue weighted by atomic mass is 32.1. The first-order valence-corrected chi connectivity index (χ1v) is 11.5. The van der Waals surface area contributed by atoms with E-state index in [1.807, 2.05) is 6.07 Å². The van der Waals surface area contributed by atoms with Gasteiger partial charge in [-0.1, -0.05) is 11.3 Å². The lowest BCUT2D eigenvalue weighted by Crippen LogP contribution is -2.45. The van der Waals surface area contributed by atoms with Crippen LogP contribution in [-0.2, 0) is 4.79 Å². The molecule has 172 valence electrons. The molecule has 2 aliphatic heterocycles. The second-order valence-electron chi connectivity index (χ2n) is 8.25. The van der Waals surface area contributed by atoms with Gasteiger partial charge in [-0.3, -0.25) is 10.1 Å². The summed E-state index contributed by atoms with van der Waals surface area (Å²) < 4.78 is 0. The van der Waals surface area contributed by atoms with E-state index in [1.54, 1.807) is 6.92 Å². The van der Waals surface area contributed by atoms with E-state index in [9.17, 15) is 14.7 Å². The summed E-state index contributed by atoms with van der Waals surface area (Å²) in [6.07, 6.45) is 1.64. The van der Waals surface area contributed by atoms with Crippen molar-refractivity contribution in [3.63, 3.8) is 0 Å². The molecule has 2 saturated heterocycles. The van der Waals surface area contributed by atoms with Crippen molar-refractivity contribution in [2.45, 2.75) is 19.8 Å². The van der Waals surface area contributed by atoms with Gasteiger partial charge in [0.05, 0.1) is 11.6 Å². The number of thiazole rings is 1. The number of piperazine rings is 1. The normalized spacial score (nSPS) is 19.8. The van der Waals surface area contributed by atoms with E-state index >= 15 is 0 Å². The third-order valence-corrected chi connectivity index (χ3v) is 6.94. The van der Waals surface area contributed by atoms with Crippen LogP contribution in [0.2, 0.25) is 0 Å². The van der Waals surface area contributed by atoms with Gasteiger partial charge in [0, 0.05) is 45.3 Å². The molecule has 11 nitrogen and oxygen atoms in total. The fourth-order valence-electron chi connectivity index (χ4n) is 4.00. The summed E-state index contributed by atoms with van der Waals surface area (Å²) in [7, 11) is 2.10. The number of carboxylic acids is 1. The zero-order valence-electron chi connectivity index (χ0n) is 18.2. The summed E-state index contributed by atoms with van der Waals surface area (Å²) in [5.74, 6) is 0.352. The zero-order valence-corrected chi connectivity index (χ0v) is 19.1. The topological polar surface area (TPSA) is 141 Å². The van der Waals surface area contributed by atoms with E-state index in [0.29, 0.717) is 29.1 Å². The Balaban J connectivity index is 1.65. The number of piperidine rings is 1. The summed E-state index contributed by atoms with van der Waals surface area (Å²) in [4.78, 5) is 43.5. The lowest BCUT2D eigenvalue weighted by Gasteiger charge is -2.35. The first-order chi connectivity index (χ1) is 15.3. The van der Waals surface area contributed by atoms with E-state index < -0.39 is 5.97 Å². The van der Waals surface area contributed by atoms with Gasteiger partial charge in [0.1, 0.15) is 16.5 Å². The van der Waals surface area contributed by atoms with E-state index in [4.69, 9.17) is 10.7 Å². The lowest BCUT2D eigenvalue weighted by atomic mass is 9.97. The Labute approximate surface area is 190 Å². The van der Waals surface area contributed by atoms with Gasteiger partial charge in [0.2, 0.25) is 11.9 Å². The maximum absolute atomic E-state index is 11.8. The van der Waals surface area contributed by atoms with Gasteiger partial charge in [-0.05, 0) is 26.8 Å². The number of likely N-dealkylation sites (N-methyl/N-ethyl adjacent to an activating group) is 1. The average molecular weight is 461 g/mol. The molecule has 0 aliphatic carbocycles. The molecule has 4 rings (SSSR count). The van der Waals surface area contributed by atoms with Crippen molar-refractivity contribution in [2.24, 2.45) is 11.7 Å². The number of nitrogens with one attached hydrogen (secondary N) is 1. The molecule has 1 atom stereocenters. The molecule has 0 radical (unpaired) electrons. The van der Waals surface area contributed by atoms with Crippen molar-refractivity contribution in [1.82, 2.24) is 19.9 Å². The Hall–Kier alpha value is -2.99. The molecule has 1 unspecified atom stereocenters. The highest BCUT2D eigenvalue weighted by molar-refractivity contribution is 7.17. The van der Waals surface area contributed by atoms with Gasteiger partial charge >= 0.3 is 5.97 Å². The molecule has 0 bridgehead atoms. The van der Waals surface area contributed by atoms with E-state index in [-0.39, 0.29) is 16.7 Å². The van der Waals surface area contributed by atoms with Crippen LogP contribution in [0.25, 0.3) is 0 Å². The van der Waals surface area contributed by atoms with Gasteiger partial charge < -0.3 is 25.5 Å². The van der Waals surface area contributed by atoms with E-state index in [1.165, 1.54) is 0 Å². The minimum Gasteiger partial charge on any atom is -0.477 e. The Morgan fingerprint density at radius 2 is 1.81 bits per heavy atom. The minimum absolute atomic E-state index is 0.184. The van der Waals surface area contributed by atoms with Crippen LogP contribution in [0.3, 0.4) is 0 Å². The fourth-order valence-corrected chi connectivity index (χ4v) is 4.80. The van der Waals surface area contributed by atoms with Gasteiger partial charge in [-0.15, -0.1) is 0 Å². The zero-order chi connectivity index (χ0) is 22.8. The number of carboxylic acid groups (broad SMARTS) is 1. The molecule has 2 aromatic rings. The van der Waals surface area contributed by atoms with Gasteiger partial charge in [-0.25, -0.2) is 9.78 Å². The molecule has 4 N–H and O–H groups in total. The molecule has 2 aromatic heterocycles. The third kappa shape index (κ3) is 4.91. The van der Waals surface area contributed by atoms with Gasteiger partial charge in [0.25, 0.3) is 0 Å². The molecule has 2 fully saturated rings. The number of carbonyl (C=O) groups excluding carboxylic acids is 1. The molecular formula is C20H28N8O3S. The number of nitrogens with two attached hydrogens (primary N) is 1. The quantitative estimate of drug-likeness (QED) is 0.574. The summed E-state index contributed by atoms with van der Waals surface area (Å²) >= 11 is 1.05. The van der Waals surface area contributed by atoms with Crippen molar-refractivity contribution in [3.8, 4) is 0 Å². The number of amides is 1. The molecule has 0 aromatic carbocycles. The number of hydrogen-bond acceptors (Lipinski definition) is 10. The Bertz CT molecular complexity index is 1000. The van der Waals surface area contributed by atoms with Crippen LogP contribution < -0.4 is 20.9 Å². The Morgan fingerprint density at radius 1 is 1.12 bits per heavy atom. The van der Waals surface area contributed by atoms with Crippen LogP contribution in [0.5, 0.6) is 0 Å². The SMILES string of the molecule is Cc1nc(Nc2nc(N3CCN(C)CC3)cc(N3CCCC(C(N)=O)C3)n2)sc1C(=O)O. The number of anilines is 4. The lowest BCUT2D eigenvalue weighted by molar-refractivity contribution is -0.122. The van der Waals surface area contributed by atoms with Crippen LogP contribution in [-0.4, -0.2) is 83.2 Å². The smallest absolute Gasteiger partial charge is 0.347 e. The van der Waals surface area contributed by atoms with Crippen LogP contribution in [0.4, 0.5) is 22.7 Å². The van der Waals surface area contributed by atoms with Crippen LogP contribution in [0, 0.1) is 12.8 Å². The molecular weight excluding hydrogens is 432 g/mol. The number of rotatable bonds is 6. The second kappa shape index (κ2) is 9.25. The predicted molar refractivity (Wildman–Crippen MR) is 123 cm³/mol. The highest BCUT2D eigenvalue weighted by Crippen LogP contribution is 2.29. The number of hydrogen-bond donors (Lipinski definition) is 3. The first-order valence-electron chi connectivity index (χ1n) is 10.6. The summed E-state index contributed by atoms with van der Waals surface area (Å²) in [5, 5.41) is 12.8. The van der Waals surface area contributed by atoms with Crippen molar-refractivity contribution in [2.75, 3.05) is 61.4 Å². The predicted octanol–water partition coefficient (Wildman–Crippen LogP) is 1.14. The monoisotopic (exact) mass is 460 g/mol. The number of primary amides is 1. The fraction of sp³-hybridized carbons (Fsp3) is 0.550.